The number of hydrogen-bond acceptors (Lipinski definition) is 2. The molecule has 0 saturated heterocycles. The van der Waals surface area contributed by atoms with E-state index in [9.17, 15) is 4.79 Å². The monoisotopic (exact) mass is 258 g/mol. The molecule has 2 fully saturated rings. The van der Waals surface area contributed by atoms with Crippen molar-refractivity contribution in [1.29, 1.82) is 0 Å². The van der Waals surface area contributed by atoms with Crippen molar-refractivity contribution >= 4 is 5.97 Å². The second-order valence-electron chi connectivity index (χ2n) is 6.28. The van der Waals surface area contributed by atoms with Crippen LogP contribution in [0.4, 0.5) is 0 Å². The van der Waals surface area contributed by atoms with Gasteiger partial charge in [0.2, 0.25) is 0 Å². The third-order valence-electron chi connectivity index (χ3n) is 4.72. The summed E-state index contributed by atoms with van der Waals surface area (Å²) in [4.78, 5) is 12.4. The van der Waals surface area contributed by atoms with Gasteiger partial charge in [-0.2, -0.15) is 0 Å². The summed E-state index contributed by atoms with van der Waals surface area (Å²) in [7, 11) is 0. The zero-order valence-electron chi connectivity index (χ0n) is 11.7. The number of esters is 1. The number of hydrogen-bond donors (Lipinski definition) is 0. The Kier molecular flexibility index (Phi) is 3.34. The smallest absolute Gasteiger partial charge is 0.310 e. The molecule has 0 aromatic heterocycles. The molecule has 2 bridgehead atoms. The molecule has 0 heterocycles. The molecule has 2 aliphatic rings. The van der Waals surface area contributed by atoms with Gasteiger partial charge in [0, 0.05) is 5.92 Å². The van der Waals surface area contributed by atoms with Gasteiger partial charge in [0.05, 0.1) is 12.0 Å². The lowest BCUT2D eigenvalue weighted by atomic mass is 9.75. The van der Waals surface area contributed by atoms with Gasteiger partial charge in [-0.15, -0.1) is 0 Å². The molecule has 3 rings (SSSR count). The fraction of sp³-hybridized carbons (Fsp3) is 0.588. The van der Waals surface area contributed by atoms with Crippen LogP contribution in [0.1, 0.15) is 44.6 Å². The molecule has 4 unspecified atom stereocenters. The first-order chi connectivity index (χ1) is 9.16. The van der Waals surface area contributed by atoms with Crippen molar-refractivity contribution < 1.29 is 9.53 Å². The van der Waals surface area contributed by atoms with E-state index in [-0.39, 0.29) is 18.0 Å². The molecule has 0 aliphatic heterocycles. The van der Waals surface area contributed by atoms with Crippen LogP contribution in [-0.4, -0.2) is 12.1 Å². The minimum Gasteiger partial charge on any atom is -0.463 e. The van der Waals surface area contributed by atoms with E-state index in [2.05, 4.69) is 24.3 Å². The van der Waals surface area contributed by atoms with Crippen LogP contribution in [0.15, 0.2) is 30.3 Å². The van der Waals surface area contributed by atoms with E-state index in [0.717, 1.165) is 0 Å². The van der Waals surface area contributed by atoms with Crippen LogP contribution in [0, 0.1) is 17.8 Å². The third-order valence-corrected chi connectivity index (χ3v) is 4.72. The number of carbonyl (C=O) groups is 1. The van der Waals surface area contributed by atoms with E-state index >= 15 is 0 Å². The van der Waals surface area contributed by atoms with Crippen LogP contribution in [0.25, 0.3) is 0 Å². The molecule has 102 valence electrons. The van der Waals surface area contributed by atoms with Gasteiger partial charge in [0.15, 0.2) is 0 Å². The third kappa shape index (κ3) is 2.29. The Balaban J connectivity index is 1.86. The largest absolute Gasteiger partial charge is 0.463 e. The van der Waals surface area contributed by atoms with Crippen LogP contribution >= 0.6 is 0 Å². The second-order valence-corrected chi connectivity index (χ2v) is 6.28. The van der Waals surface area contributed by atoms with E-state index in [1.54, 1.807) is 0 Å². The topological polar surface area (TPSA) is 26.3 Å². The van der Waals surface area contributed by atoms with Gasteiger partial charge in [-0.25, -0.2) is 0 Å². The van der Waals surface area contributed by atoms with Gasteiger partial charge in [0.25, 0.3) is 0 Å². The highest BCUT2D eigenvalue weighted by Crippen LogP contribution is 2.57. The molecule has 1 aromatic carbocycles. The van der Waals surface area contributed by atoms with Crippen molar-refractivity contribution in [1.82, 2.24) is 0 Å². The van der Waals surface area contributed by atoms with Crippen LogP contribution in [0.2, 0.25) is 0 Å². The van der Waals surface area contributed by atoms with E-state index in [1.165, 1.54) is 24.8 Å². The predicted molar refractivity (Wildman–Crippen MR) is 74.7 cm³/mol. The Labute approximate surface area is 115 Å². The summed E-state index contributed by atoms with van der Waals surface area (Å²) in [5, 5.41) is 0. The highest BCUT2D eigenvalue weighted by atomic mass is 16.5. The summed E-state index contributed by atoms with van der Waals surface area (Å²) in [5.41, 5.74) is 1.32. The summed E-state index contributed by atoms with van der Waals surface area (Å²) in [5.74, 6) is 1.71. The Bertz CT molecular complexity index is 452. The lowest BCUT2D eigenvalue weighted by molar-refractivity contribution is -0.155. The van der Waals surface area contributed by atoms with Gasteiger partial charge in [-0.1, -0.05) is 30.3 Å². The first-order valence-corrected chi connectivity index (χ1v) is 7.42. The molecule has 1 aromatic rings. The normalized spacial score (nSPS) is 32.8. The summed E-state index contributed by atoms with van der Waals surface area (Å²) < 4.78 is 5.50. The minimum absolute atomic E-state index is 0.0111. The average Bonchev–Trinajstić information content (AvgIpc) is 2.99. The van der Waals surface area contributed by atoms with E-state index in [1.807, 2.05) is 19.9 Å². The second kappa shape index (κ2) is 4.99. The number of fused-ring (bicyclic) bond motifs is 2. The standard InChI is InChI=1S/C17H22O2/c1-11(2)19-17(18)16-14-9-8-13(10-14)15(16)12-6-4-3-5-7-12/h3-7,11,13-16H,8-10H2,1-2H3. The lowest BCUT2D eigenvalue weighted by Crippen LogP contribution is -2.31. The van der Waals surface area contributed by atoms with Crippen LogP contribution in [0.5, 0.6) is 0 Å². The predicted octanol–water partition coefficient (Wildman–Crippen LogP) is 3.77. The maximum atomic E-state index is 12.4. The van der Waals surface area contributed by atoms with Gasteiger partial charge in [-0.3, -0.25) is 4.79 Å². The van der Waals surface area contributed by atoms with Crippen molar-refractivity contribution in [3.8, 4) is 0 Å². The Morgan fingerprint density at radius 1 is 1.16 bits per heavy atom. The zero-order chi connectivity index (χ0) is 13.4. The Hall–Kier alpha value is -1.31. The maximum Gasteiger partial charge on any atom is 0.310 e. The van der Waals surface area contributed by atoms with E-state index in [4.69, 9.17) is 4.74 Å². The van der Waals surface area contributed by atoms with Crippen molar-refractivity contribution in [3.63, 3.8) is 0 Å². The van der Waals surface area contributed by atoms with E-state index < -0.39 is 0 Å². The molecule has 2 heteroatoms. The quantitative estimate of drug-likeness (QED) is 0.771. The number of carbonyl (C=O) groups excluding carboxylic acids is 1. The van der Waals surface area contributed by atoms with Crippen molar-refractivity contribution in [2.24, 2.45) is 17.8 Å². The molecule has 2 aliphatic carbocycles. The average molecular weight is 258 g/mol. The van der Waals surface area contributed by atoms with E-state index in [0.29, 0.717) is 17.8 Å². The molecule has 2 nitrogen and oxygen atoms in total. The molecule has 2 saturated carbocycles. The fourth-order valence-electron chi connectivity index (χ4n) is 4.10. The number of ether oxygens (including phenoxy) is 1. The molecule has 0 spiro atoms. The first-order valence-electron chi connectivity index (χ1n) is 7.42. The van der Waals surface area contributed by atoms with Crippen LogP contribution < -0.4 is 0 Å². The molecule has 19 heavy (non-hydrogen) atoms. The van der Waals surface area contributed by atoms with Gasteiger partial charge in [0.1, 0.15) is 0 Å². The summed E-state index contributed by atoms with van der Waals surface area (Å²) in [6.07, 6.45) is 3.67. The SMILES string of the molecule is CC(C)OC(=O)C1C2CCC(C2)C1c1ccccc1. The van der Waals surface area contributed by atoms with Crippen molar-refractivity contribution in [2.45, 2.75) is 45.1 Å². The van der Waals surface area contributed by atoms with Crippen molar-refractivity contribution in [3.05, 3.63) is 35.9 Å². The summed E-state index contributed by atoms with van der Waals surface area (Å²) in [6.45, 7) is 3.87. The molecule has 0 amide bonds. The Morgan fingerprint density at radius 2 is 1.84 bits per heavy atom. The fourth-order valence-corrected chi connectivity index (χ4v) is 4.10. The van der Waals surface area contributed by atoms with Gasteiger partial charge in [-0.05, 0) is 50.5 Å². The highest BCUT2D eigenvalue weighted by molar-refractivity contribution is 5.75. The number of benzene rings is 1. The first kappa shape index (κ1) is 12.7. The van der Waals surface area contributed by atoms with Crippen LogP contribution in [0.3, 0.4) is 0 Å². The highest BCUT2D eigenvalue weighted by Gasteiger charge is 2.52. The summed E-state index contributed by atoms with van der Waals surface area (Å²) >= 11 is 0. The molecular formula is C17H22O2. The minimum atomic E-state index is -0.0111. The Morgan fingerprint density at radius 3 is 2.53 bits per heavy atom. The summed E-state index contributed by atoms with van der Waals surface area (Å²) in [6, 6.07) is 10.5. The zero-order valence-corrected chi connectivity index (χ0v) is 11.7. The van der Waals surface area contributed by atoms with Crippen LogP contribution in [-0.2, 0) is 9.53 Å². The maximum absolute atomic E-state index is 12.4. The molecular weight excluding hydrogens is 236 g/mol. The molecule has 0 radical (unpaired) electrons. The molecule has 4 atom stereocenters. The number of rotatable bonds is 3. The van der Waals surface area contributed by atoms with Crippen molar-refractivity contribution in [2.75, 3.05) is 0 Å². The lowest BCUT2D eigenvalue weighted by Gasteiger charge is -2.30. The molecule has 0 N–H and O–H groups in total. The van der Waals surface area contributed by atoms with Gasteiger partial charge < -0.3 is 4.74 Å². The van der Waals surface area contributed by atoms with Gasteiger partial charge >= 0.3 is 5.97 Å².